The molecule has 100 valence electrons. The van der Waals surface area contributed by atoms with Gasteiger partial charge in [0.25, 0.3) is 0 Å². The van der Waals surface area contributed by atoms with Crippen molar-refractivity contribution in [2.45, 2.75) is 33.4 Å². The Bertz CT molecular complexity index is 544. The molecule has 0 aliphatic carbocycles. The summed E-state index contributed by atoms with van der Waals surface area (Å²) in [5, 5.41) is 4.94. The molecule has 0 heterocycles. The first-order valence-electron chi connectivity index (χ1n) is 6.75. The average molecular weight is 271 g/mol. The van der Waals surface area contributed by atoms with Crippen molar-refractivity contribution >= 4 is 25.3 Å². The van der Waals surface area contributed by atoms with Gasteiger partial charge in [0.05, 0.1) is 0 Å². The van der Waals surface area contributed by atoms with E-state index in [1.807, 2.05) is 0 Å². The molecule has 19 heavy (non-hydrogen) atoms. The predicted octanol–water partition coefficient (Wildman–Crippen LogP) is 4.76. The van der Waals surface area contributed by atoms with E-state index >= 15 is 0 Å². The van der Waals surface area contributed by atoms with E-state index in [1.54, 1.807) is 0 Å². The minimum atomic E-state index is 0.716. The topological polar surface area (TPSA) is 12.0 Å². The summed E-state index contributed by atoms with van der Waals surface area (Å²) in [4.78, 5) is 0. The third-order valence-electron chi connectivity index (χ3n) is 3.02. The Morgan fingerprint density at radius 1 is 0.895 bits per heavy atom. The van der Waals surface area contributed by atoms with E-state index in [0.29, 0.717) is 5.66 Å². The molecule has 2 aromatic carbocycles. The Labute approximate surface area is 118 Å². The first-order valence-corrected chi connectivity index (χ1v) is 7.83. The number of hydrogen-bond acceptors (Lipinski definition) is 1. The smallest absolute Gasteiger partial charge is 0.0390 e. The van der Waals surface area contributed by atoms with Gasteiger partial charge in [0.1, 0.15) is 0 Å². The minimum absolute atomic E-state index is 0.716. The van der Waals surface area contributed by atoms with Crippen molar-refractivity contribution in [2.24, 2.45) is 0 Å². The fraction of sp³-hybridized carbons (Fsp3) is 0.294. The van der Waals surface area contributed by atoms with Crippen LogP contribution in [0.25, 0.3) is 0 Å². The van der Waals surface area contributed by atoms with Crippen LogP contribution in [-0.4, -0.2) is 5.66 Å². The van der Waals surface area contributed by atoms with E-state index in [9.17, 15) is 0 Å². The summed E-state index contributed by atoms with van der Waals surface area (Å²) in [5.74, 6) is 0. The molecule has 0 saturated carbocycles. The summed E-state index contributed by atoms with van der Waals surface area (Å²) < 4.78 is 0. The van der Waals surface area contributed by atoms with Gasteiger partial charge >= 0.3 is 0 Å². The van der Waals surface area contributed by atoms with E-state index in [-0.39, 0.29) is 0 Å². The Morgan fingerprint density at radius 3 is 2.16 bits per heavy atom. The Morgan fingerprint density at radius 2 is 1.53 bits per heavy atom. The average Bonchev–Trinajstić information content (AvgIpc) is 2.36. The van der Waals surface area contributed by atoms with Crippen LogP contribution in [0.1, 0.15) is 25.0 Å². The molecule has 1 nitrogen and oxygen atoms in total. The van der Waals surface area contributed by atoms with Crippen LogP contribution in [0, 0.1) is 13.8 Å². The lowest BCUT2D eigenvalue weighted by molar-refractivity contribution is 1.11. The fourth-order valence-corrected chi connectivity index (χ4v) is 3.14. The van der Waals surface area contributed by atoms with Gasteiger partial charge in [-0.1, -0.05) is 46.2 Å². The molecule has 0 radical (unpaired) electrons. The maximum atomic E-state index is 3.48. The van der Waals surface area contributed by atoms with Crippen LogP contribution in [0.4, 0.5) is 11.4 Å². The molecule has 1 N–H and O–H groups in total. The van der Waals surface area contributed by atoms with Gasteiger partial charge in [-0.15, -0.1) is 0 Å². The van der Waals surface area contributed by atoms with Gasteiger partial charge in [-0.3, -0.25) is 0 Å². The number of nitrogens with one attached hydrogen (secondary N) is 1. The van der Waals surface area contributed by atoms with Crippen LogP contribution in [0.5, 0.6) is 0 Å². The first kappa shape index (κ1) is 14.1. The second kappa shape index (κ2) is 6.21. The molecule has 1 unspecified atom stereocenters. The molecule has 0 spiro atoms. The summed E-state index contributed by atoms with van der Waals surface area (Å²) in [5.41, 5.74) is 5.72. The highest BCUT2D eigenvalue weighted by molar-refractivity contribution is 7.48. The molecule has 0 bridgehead atoms. The van der Waals surface area contributed by atoms with Gasteiger partial charge in [-0.05, 0) is 54.6 Å². The molecule has 2 heteroatoms. The summed E-state index contributed by atoms with van der Waals surface area (Å²) >= 11 is 0. The first-order chi connectivity index (χ1) is 9.04. The molecule has 0 aromatic heterocycles. The van der Waals surface area contributed by atoms with Crippen LogP contribution in [0.3, 0.4) is 0 Å². The van der Waals surface area contributed by atoms with Gasteiger partial charge in [0, 0.05) is 11.4 Å². The van der Waals surface area contributed by atoms with Gasteiger partial charge < -0.3 is 5.32 Å². The second-order valence-corrected chi connectivity index (χ2v) is 7.30. The molecule has 2 aromatic rings. The van der Waals surface area contributed by atoms with Crippen molar-refractivity contribution in [3.8, 4) is 0 Å². The largest absolute Gasteiger partial charge is 0.356 e. The zero-order valence-electron chi connectivity index (χ0n) is 12.1. The van der Waals surface area contributed by atoms with E-state index < -0.39 is 0 Å². The minimum Gasteiger partial charge on any atom is -0.356 e. The second-order valence-electron chi connectivity index (χ2n) is 5.32. The van der Waals surface area contributed by atoms with Crippen molar-refractivity contribution in [1.82, 2.24) is 0 Å². The zero-order valence-corrected chi connectivity index (χ0v) is 13.1. The maximum absolute atomic E-state index is 3.48. The number of hydrogen-bond donors (Lipinski definition) is 1. The van der Waals surface area contributed by atoms with Crippen LogP contribution in [0.2, 0.25) is 0 Å². The Hall–Kier alpha value is -1.33. The molecule has 1 atom stereocenters. The summed E-state index contributed by atoms with van der Waals surface area (Å²) in [6.45, 7) is 8.85. The Kier molecular flexibility index (Phi) is 4.61. The monoisotopic (exact) mass is 271 g/mol. The lowest BCUT2D eigenvalue weighted by Gasteiger charge is -2.13. The highest BCUT2D eigenvalue weighted by Crippen LogP contribution is 2.23. The third kappa shape index (κ3) is 4.08. The molecule has 0 saturated heterocycles. The van der Waals surface area contributed by atoms with E-state index in [1.165, 1.54) is 22.1 Å². The summed E-state index contributed by atoms with van der Waals surface area (Å²) in [6, 6.07) is 15.2. The summed E-state index contributed by atoms with van der Waals surface area (Å²) in [6.07, 6.45) is 0. The molecular formula is C17H22NP. The highest BCUT2D eigenvalue weighted by Gasteiger charge is 2.03. The molecular weight excluding hydrogens is 249 g/mol. The molecule has 2 rings (SSSR count). The van der Waals surface area contributed by atoms with Crippen molar-refractivity contribution in [1.29, 1.82) is 0 Å². The van der Waals surface area contributed by atoms with Crippen molar-refractivity contribution in [3.05, 3.63) is 53.6 Å². The fourth-order valence-electron chi connectivity index (χ4n) is 1.97. The van der Waals surface area contributed by atoms with Crippen molar-refractivity contribution < 1.29 is 0 Å². The van der Waals surface area contributed by atoms with Gasteiger partial charge in [-0.2, -0.15) is 0 Å². The zero-order chi connectivity index (χ0) is 13.8. The molecule has 0 fully saturated rings. The number of aryl methyl sites for hydroxylation is 2. The highest BCUT2D eigenvalue weighted by atomic mass is 31.1. The number of benzene rings is 2. The van der Waals surface area contributed by atoms with Gasteiger partial charge in [-0.25, -0.2) is 0 Å². The molecule has 0 aliphatic heterocycles. The van der Waals surface area contributed by atoms with Gasteiger partial charge in [0.2, 0.25) is 0 Å². The molecule has 0 amide bonds. The maximum Gasteiger partial charge on any atom is 0.0390 e. The number of anilines is 2. The van der Waals surface area contributed by atoms with Crippen LogP contribution >= 0.6 is 8.58 Å². The third-order valence-corrected chi connectivity index (χ3v) is 4.45. The SMILES string of the molecule is Cc1ccc(Nc2ccc(C)c(PC(C)C)c2)cc1. The molecule has 0 aliphatic rings. The standard InChI is InChI=1S/C17H22NP/c1-12(2)19-17-11-16(10-7-14(17)4)18-15-8-5-13(3)6-9-15/h5-12,18-19H,1-4H3. The van der Waals surface area contributed by atoms with E-state index in [4.69, 9.17) is 0 Å². The number of rotatable bonds is 4. The quantitative estimate of drug-likeness (QED) is 0.791. The van der Waals surface area contributed by atoms with Crippen LogP contribution in [0.15, 0.2) is 42.5 Å². The van der Waals surface area contributed by atoms with Gasteiger partial charge in [0.15, 0.2) is 0 Å². The normalized spacial score (nSPS) is 11.4. The summed E-state index contributed by atoms with van der Waals surface area (Å²) in [7, 11) is 0.875. The van der Waals surface area contributed by atoms with E-state index in [0.717, 1.165) is 14.3 Å². The van der Waals surface area contributed by atoms with E-state index in [2.05, 4.69) is 75.5 Å². The van der Waals surface area contributed by atoms with Crippen LogP contribution < -0.4 is 10.6 Å². The lowest BCUT2D eigenvalue weighted by Crippen LogP contribution is -2.05. The Balaban J connectivity index is 2.18. The lowest BCUT2D eigenvalue weighted by atomic mass is 10.2. The van der Waals surface area contributed by atoms with Crippen molar-refractivity contribution in [2.75, 3.05) is 5.32 Å². The predicted molar refractivity (Wildman–Crippen MR) is 88.7 cm³/mol. The van der Waals surface area contributed by atoms with Crippen LogP contribution in [-0.2, 0) is 0 Å². The van der Waals surface area contributed by atoms with Crippen molar-refractivity contribution in [3.63, 3.8) is 0 Å².